The molecule has 0 radical (unpaired) electrons. The van der Waals surface area contributed by atoms with Crippen molar-refractivity contribution in [2.75, 3.05) is 0 Å². The van der Waals surface area contributed by atoms with Crippen molar-refractivity contribution >= 4 is 17.6 Å². The first-order valence-corrected chi connectivity index (χ1v) is 9.51. The number of nitrogens with zero attached hydrogens (tertiary/aromatic N) is 2. The standard InChI is InChI=1S/C23H30N2O2/c1-14(10-16-13-25(7)20(24-16)21(26)27)17-12-19-18(11-15(17)2)22(3,4)8-9-23(19,5)6/h10-13H,8-9H2,1-7H3,(H,26,27)/p-1/b14-10+. The number of fused-ring (bicyclic) bond motifs is 1. The molecule has 144 valence electrons. The highest BCUT2D eigenvalue weighted by Gasteiger charge is 2.37. The molecule has 0 saturated carbocycles. The van der Waals surface area contributed by atoms with E-state index in [4.69, 9.17) is 0 Å². The largest absolute Gasteiger partial charge is 0.542 e. The molecule has 0 spiro atoms. The topological polar surface area (TPSA) is 58.0 Å². The Balaban J connectivity index is 2.10. The van der Waals surface area contributed by atoms with Crippen molar-refractivity contribution in [2.45, 2.75) is 65.2 Å². The van der Waals surface area contributed by atoms with E-state index in [0.29, 0.717) is 5.69 Å². The SMILES string of the molecule is C/C(=C\c1cn(C)c(C(=O)[O-])n1)c1cc2c(cc1C)C(C)(C)CCC2(C)C. The van der Waals surface area contributed by atoms with Gasteiger partial charge in [-0.05, 0) is 71.4 Å². The number of hydrogen-bond acceptors (Lipinski definition) is 3. The van der Waals surface area contributed by atoms with Crippen molar-refractivity contribution in [1.29, 1.82) is 0 Å². The van der Waals surface area contributed by atoms with Gasteiger partial charge < -0.3 is 14.5 Å². The maximum Gasteiger partial charge on any atom is 0.156 e. The lowest BCUT2D eigenvalue weighted by Gasteiger charge is -2.42. The van der Waals surface area contributed by atoms with Crippen LogP contribution in [0.1, 0.15) is 86.0 Å². The van der Waals surface area contributed by atoms with Crippen LogP contribution in [0.4, 0.5) is 0 Å². The van der Waals surface area contributed by atoms with E-state index in [2.05, 4.69) is 58.7 Å². The summed E-state index contributed by atoms with van der Waals surface area (Å²) in [5.41, 5.74) is 7.36. The zero-order chi connectivity index (χ0) is 20.1. The minimum atomic E-state index is -1.26. The quantitative estimate of drug-likeness (QED) is 0.826. The number of carbonyl (C=O) groups excluding carboxylic acids is 1. The van der Waals surface area contributed by atoms with E-state index in [0.717, 1.165) is 5.57 Å². The summed E-state index contributed by atoms with van der Waals surface area (Å²) in [6.45, 7) is 13.5. The van der Waals surface area contributed by atoms with Crippen LogP contribution in [0.3, 0.4) is 0 Å². The number of aryl methyl sites for hydroxylation is 2. The van der Waals surface area contributed by atoms with Gasteiger partial charge in [0.05, 0.1) is 5.69 Å². The number of aromatic carboxylic acids is 1. The molecular weight excluding hydrogens is 336 g/mol. The van der Waals surface area contributed by atoms with E-state index >= 15 is 0 Å². The van der Waals surface area contributed by atoms with Crippen LogP contribution in [-0.4, -0.2) is 15.5 Å². The molecule has 1 aliphatic rings. The molecule has 0 aliphatic heterocycles. The number of imidazole rings is 1. The first-order chi connectivity index (χ1) is 12.4. The Morgan fingerprint density at radius 3 is 2.22 bits per heavy atom. The molecule has 1 aromatic carbocycles. The van der Waals surface area contributed by atoms with Gasteiger partial charge in [0, 0.05) is 13.2 Å². The minimum Gasteiger partial charge on any atom is -0.542 e. The molecule has 3 rings (SSSR count). The number of carboxylic acids is 1. The van der Waals surface area contributed by atoms with Crippen molar-refractivity contribution < 1.29 is 9.90 Å². The van der Waals surface area contributed by atoms with Gasteiger partial charge in [-0.15, -0.1) is 0 Å². The predicted molar refractivity (Wildman–Crippen MR) is 108 cm³/mol. The maximum atomic E-state index is 11.1. The first-order valence-electron chi connectivity index (χ1n) is 9.51. The Morgan fingerprint density at radius 1 is 1.15 bits per heavy atom. The van der Waals surface area contributed by atoms with Gasteiger partial charge in [0.2, 0.25) is 0 Å². The number of hydrogen-bond donors (Lipinski definition) is 0. The van der Waals surface area contributed by atoms with Crippen LogP contribution in [-0.2, 0) is 17.9 Å². The summed E-state index contributed by atoms with van der Waals surface area (Å²) in [6.07, 6.45) is 6.03. The summed E-state index contributed by atoms with van der Waals surface area (Å²) in [5, 5.41) is 11.1. The van der Waals surface area contributed by atoms with Gasteiger partial charge >= 0.3 is 0 Å². The van der Waals surface area contributed by atoms with Crippen molar-refractivity contribution in [2.24, 2.45) is 7.05 Å². The van der Waals surface area contributed by atoms with E-state index in [1.54, 1.807) is 13.2 Å². The summed E-state index contributed by atoms with van der Waals surface area (Å²) in [4.78, 5) is 15.3. The van der Waals surface area contributed by atoms with Crippen LogP contribution >= 0.6 is 0 Å². The Kier molecular flexibility index (Phi) is 4.57. The average Bonchev–Trinajstić information content (AvgIpc) is 2.92. The lowest BCUT2D eigenvalue weighted by molar-refractivity contribution is -0.256. The summed E-state index contributed by atoms with van der Waals surface area (Å²) < 4.78 is 1.49. The fourth-order valence-electron chi connectivity index (χ4n) is 4.20. The molecule has 1 heterocycles. The fraction of sp³-hybridized carbons (Fsp3) is 0.478. The zero-order valence-electron chi connectivity index (χ0n) is 17.4. The van der Waals surface area contributed by atoms with Crippen molar-refractivity contribution in [1.82, 2.24) is 9.55 Å². The smallest absolute Gasteiger partial charge is 0.156 e. The first kappa shape index (κ1) is 19.4. The molecular formula is C23H29N2O2-. The minimum absolute atomic E-state index is 0.0564. The third kappa shape index (κ3) is 3.45. The highest BCUT2D eigenvalue weighted by molar-refractivity contribution is 5.84. The van der Waals surface area contributed by atoms with Crippen molar-refractivity contribution in [3.8, 4) is 0 Å². The van der Waals surface area contributed by atoms with Crippen LogP contribution in [0, 0.1) is 6.92 Å². The third-order valence-corrected chi connectivity index (χ3v) is 6.06. The fourth-order valence-corrected chi connectivity index (χ4v) is 4.20. The van der Waals surface area contributed by atoms with Crippen molar-refractivity contribution in [3.63, 3.8) is 0 Å². The lowest BCUT2D eigenvalue weighted by Crippen LogP contribution is -2.34. The molecule has 2 aromatic rings. The Bertz CT molecular complexity index is 946. The second kappa shape index (κ2) is 6.36. The number of allylic oxidation sites excluding steroid dienone is 1. The van der Waals surface area contributed by atoms with Gasteiger partial charge in [-0.3, -0.25) is 0 Å². The molecule has 1 aliphatic carbocycles. The van der Waals surface area contributed by atoms with Crippen LogP contribution < -0.4 is 5.11 Å². The van der Waals surface area contributed by atoms with Gasteiger partial charge in [0.25, 0.3) is 0 Å². The van der Waals surface area contributed by atoms with E-state index in [1.807, 2.05) is 6.08 Å². The number of aromatic nitrogens is 2. The highest BCUT2D eigenvalue weighted by atomic mass is 16.4. The molecule has 0 fully saturated rings. The lowest BCUT2D eigenvalue weighted by atomic mass is 9.62. The zero-order valence-corrected chi connectivity index (χ0v) is 17.4. The highest BCUT2D eigenvalue weighted by Crippen LogP contribution is 2.47. The summed E-state index contributed by atoms with van der Waals surface area (Å²) >= 11 is 0. The molecule has 4 heteroatoms. The molecule has 0 bridgehead atoms. The average molecular weight is 365 g/mol. The van der Waals surface area contributed by atoms with Gasteiger partial charge in [-0.2, -0.15) is 0 Å². The van der Waals surface area contributed by atoms with Gasteiger partial charge in [0.15, 0.2) is 5.82 Å². The predicted octanol–water partition coefficient (Wildman–Crippen LogP) is 4.00. The van der Waals surface area contributed by atoms with Gasteiger partial charge in [-0.25, -0.2) is 4.98 Å². The molecule has 0 amide bonds. The monoisotopic (exact) mass is 365 g/mol. The molecule has 4 nitrogen and oxygen atoms in total. The van der Waals surface area contributed by atoms with Crippen molar-refractivity contribution in [3.05, 3.63) is 52.1 Å². The van der Waals surface area contributed by atoms with Gasteiger partial charge in [-0.1, -0.05) is 39.8 Å². The number of rotatable bonds is 3. The van der Waals surface area contributed by atoms with Gasteiger partial charge in [0.1, 0.15) is 5.97 Å². The Labute approximate surface area is 161 Å². The second-order valence-electron chi connectivity index (χ2n) is 9.20. The maximum absolute atomic E-state index is 11.1. The molecule has 0 unspecified atom stereocenters. The number of benzene rings is 1. The normalized spacial score (nSPS) is 18.3. The molecule has 0 saturated heterocycles. The molecule has 0 atom stereocenters. The molecule has 27 heavy (non-hydrogen) atoms. The van der Waals surface area contributed by atoms with Crippen LogP contribution in [0.5, 0.6) is 0 Å². The van der Waals surface area contributed by atoms with Crippen LogP contribution in [0.15, 0.2) is 18.3 Å². The summed E-state index contributed by atoms with van der Waals surface area (Å²) in [7, 11) is 1.67. The second-order valence-corrected chi connectivity index (χ2v) is 9.20. The molecule has 1 aromatic heterocycles. The Hall–Kier alpha value is -2.36. The third-order valence-electron chi connectivity index (χ3n) is 6.06. The summed E-state index contributed by atoms with van der Waals surface area (Å²) in [5.74, 6) is -1.32. The van der Waals surface area contributed by atoms with Crippen LogP contribution in [0.2, 0.25) is 0 Å². The Morgan fingerprint density at radius 2 is 1.70 bits per heavy atom. The van der Waals surface area contributed by atoms with Crippen LogP contribution in [0.25, 0.3) is 11.6 Å². The van der Waals surface area contributed by atoms with E-state index in [-0.39, 0.29) is 16.7 Å². The van der Waals surface area contributed by atoms with E-state index in [9.17, 15) is 9.90 Å². The number of carboxylic acid groups (broad SMARTS) is 1. The molecule has 0 N–H and O–H groups in total. The van der Waals surface area contributed by atoms with E-state index in [1.165, 1.54) is 39.7 Å². The summed E-state index contributed by atoms with van der Waals surface area (Å²) in [6, 6.07) is 4.67. The van der Waals surface area contributed by atoms with E-state index < -0.39 is 5.97 Å². The number of carbonyl (C=O) groups is 1.